The minimum Gasteiger partial charge on any atom is -0.478 e. The normalized spacial score (nSPS) is 11.0. The summed E-state index contributed by atoms with van der Waals surface area (Å²) in [5, 5.41) is 11.3. The van der Waals surface area contributed by atoms with Gasteiger partial charge in [-0.2, -0.15) is 0 Å². The highest BCUT2D eigenvalue weighted by Gasteiger charge is 2.14. The lowest BCUT2D eigenvalue weighted by molar-refractivity contribution is 0.0698. The summed E-state index contributed by atoms with van der Waals surface area (Å²) < 4.78 is 1.85. The van der Waals surface area contributed by atoms with E-state index in [1.54, 1.807) is 30.3 Å². The maximum Gasteiger partial charge on any atom is 0.337 e. The van der Waals surface area contributed by atoms with E-state index in [-0.39, 0.29) is 5.56 Å². The van der Waals surface area contributed by atoms with E-state index in [9.17, 15) is 9.90 Å². The van der Waals surface area contributed by atoms with Gasteiger partial charge in [-0.05, 0) is 24.3 Å². The number of carboxylic acid groups (broad SMARTS) is 1. The topological polar surface area (TPSA) is 42.2 Å². The Hall–Kier alpha value is -1.97. The van der Waals surface area contributed by atoms with E-state index in [2.05, 4.69) is 0 Å². The predicted octanol–water partition coefficient (Wildman–Crippen LogP) is 4.69. The van der Waals surface area contributed by atoms with Crippen molar-refractivity contribution < 1.29 is 9.90 Å². The molecule has 0 unspecified atom stereocenters. The van der Waals surface area contributed by atoms with Gasteiger partial charge in [0.1, 0.15) is 0 Å². The Labute approximate surface area is 131 Å². The standard InChI is InChI=1S/C16H11Cl2NO2/c17-13-5-2-6-14(18)12(13)9-19-8-7-10-3-1-4-11(15(10)19)16(20)21/h1-8H,9H2,(H,20,21). The minimum atomic E-state index is -0.953. The molecule has 0 aliphatic carbocycles. The van der Waals surface area contributed by atoms with Crippen molar-refractivity contribution in [3.8, 4) is 0 Å². The Bertz CT molecular complexity index is 819. The molecule has 0 bridgehead atoms. The van der Waals surface area contributed by atoms with Gasteiger partial charge in [-0.1, -0.05) is 41.4 Å². The lowest BCUT2D eigenvalue weighted by Gasteiger charge is -2.11. The number of aromatic nitrogens is 1. The molecule has 0 atom stereocenters. The molecule has 5 heteroatoms. The second kappa shape index (κ2) is 5.43. The summed E-state index contributed by atoms with van der Waals surface area (Å²) in [6.45, 7) is 0.423. The van der Waals surface area contributed by atoms with Crippen LogP contribution in [0.4, 0.5) is 0 Å². The van der Waals surface area contributed by atoms with Crippen LogP contribution in [0.3, 0.4) is 0 Å². The third kappa shape index (κ3) is 2.50. The number of hydrogen-bond donors (Lipinski definition) is 1. The molecule has 0 aliphatic heterocycles. The molecule has 21 heavy (non-hydrogen) atoms. The van der Waals surface area contributed by atoms with Gasteiger partial charge >= 0.3 is 5.97 Å². The quantitative estimate of drug-likeness (QED) is 0.760. The zero-order valence-corrected chi connectivity index (χ0v) is 12.4. The molecular formula is C16H11Cl2NO2. The lowest BCUT2D eigenvalue weighted by atomic mass is 10.1. The number of aromatic carboxylic acids is 1. The molecule has 106 valence electrons. The average Bonchev–Trinajstić information content (AvgIpc) is 2.86. The zero-order chi connectivity index (χ0) is 15.0. The summed E-state index contributed by atoms with van der Waals surface area (Å²) >= 11 is 12.4. The number of carbonyl (C=O) groups is 1. The maximum atomic E-state index is 11.4. The van der Waals surface area contributed by atoms with Crippen LogP contribution in [-0.2, 0) is 6.54 Å². The number of benzene rings is 2. The summed E-state index contributed by atoms with van der Waals surface area (Å²) in [7, 11) is 0. The summed E-state index contributed by atoms with van der Waals surface area (Å²) in [4.78, 5) is 11.4. The molecule has 0 radical (unpaired) electrons. The van der Waals surface area contributed by atoms with Crippen LogP contribution in [-0.4, -0.2) is 15.6 Å². The Balaban J connectivity index is 2.16. The van der Waals surface area contributed by atoms with Gasteiger partial charge < -0.3 is 9.67 Å². The molecule has 2 aromatic carbocycles. The first-order valence-corrected chi connectivity index (χ1v) is 7.07. The fourth-order valence-corrected chi connectivity index (χ4v) is 2.94. The largest absolute Gasteiger partial charge is 0.478 e. The molecule has 1 heterocycles. The predicted molar refractivity (Wildman–Crippen MR) is 84.5 cm³/mol. The van der Waals surface area contributed by atoms with Crippen LogP contribution >= 0.6 is 23.2 Å². The van der Waals surface area contributed by atoms with E-state index in [0.29, 0.717) is 22.1 Å². The highest BCUT2D eigenvalue weighted by molar-refractivity contribution is 6.36. The smallest absolute Gasteiger partial charge is 0.337 e. The molecule has 0 amide bonds. The molecule has 0 fully saturated rings. The first-order chi connectivity index (χ1) is 10.1. The van der Waals surface area contributed by atoms with Crippen LogP contribution in [0.5, 0.6) is 0 Å². The van der Waals surface area contributed by atoms with Crippen molar-refractivity contribution >= 4 is 40.1 Å². The van der Waals surface area contributed by atoms with E-state index in [0.717, 1.165) is 10.9 Å². The number of rotatable bonds is 3. The summed E-state index contributed by atoms with van der Waals surface area (Å²) in [6, 6.07) is 12.4. The SMILES string of the molecule is O=C(O)c1cccc2ccn(Cc3c(Cl)cccc3Cl)c12. The number of nitrogens with zero attached hydrogens (tertiary/aromatic N) is 1. The van der Waals surface area contributed by atoms with E-state index >= 15 is 0 Å². The van der Waals surface area contributed by atoms with Crippen LogP contribution in [0.2, 0.25) is 10.0 Å². The van der Waals surface area contributed by atoms with Crippen molar-refractivity contribution in [3.63, 3.8) is 0 Å². The van der Waals surface area contributed by atoms with Crippen molar-refractivity contribution in [3.05, 3.63) is 69.8 Å². The number of carboxylic acids is 1. The van der Waals surface area contributed by atoms with Gasteiger partial charge in [0.2, 0.25) is 0 Å². The van der Waals surface area contributed by atoms with Crippen LogP contribution in [0, 0.1) is 0 Å². The van der Waals surface area contributed by atoms with Gasteiger partial charge in [0.15, 0.2) is 0 Å². The Morgan fingerprint density at radius 1 is 1.05 bits per heavy atom. The monoisotopic (exact) mass is 319 g/mol. The van der Waals surface area contributed by atoms with E-state index in [1.165, 1.54) is 0 Å². The molecule has 1 aromatic heterocycles. The van der Waals surface area contributed by atoms with E-state index in [1.807, 2.05) is 22.9 Å². The lowest BCUT2D eigenvalue weighted by Crippen LogP contribution is -2.04. The second-order valence-corrected chi connectivity index (χ2v) is 5.51. The Morgan fingerprint density at radius 2 is 1.71 bits per heavy atom. The molecule has 0 spiro atoms. The second-order valence-electron chi connectivity index (χ2n) is 4.69. The fraction of sp³-hybridized carbons (Fsp3) is 0.0625. The van der Waals surface area contributed by atoms with Crippen molar-refractivity contribution in [2.24, 2.45) is 0 Å². The molecule has 1 N–H and O–H groups in total. The van der Waals surface area contributed by atoms with Gasteiger partial charge in [-0.3, -0.25) is 0 Å². The van der Waals surface area contributed by atoms with E-state index < -0.39 is 5.97 Å². The third-order valence-corrected chi connectivity index (χ3v) is 4.12. The van der Waals surface area contributed by atoms with Crippen molar-refractivity contribution in [2.75, 3.05) is 0 Å². The number of fused-ring (bicyclic) bond motifs is 1. The average molecular weight is 320 g/mol. The Kier molecular flexibility index (Phi) is 3.62. The van der Waals surface area contributed by atoms with Crippen molar-refractivity contribution in [1.29, 1.82) is 0 Å². The number of hydrogen-bond acceptors (Lipinski definition) is 1. The number of halogens is 2. The fourth-order valence-electron chi connectivity index (χ4n) is 2.42. The van der Waals surface area contributed by atoms with Crippen LogP contribution in [0.1, 0.15) is 15.9 Å². The zero-order valence-electron chi connectivity index (χ0n) is 10.9. The molecule has 3 aromatic rings. The first kappa shape index (κ1) is 14.0. The third-order valence-electron chi connectivity index (χ3n) is 3.41. The Morgan fingerprint density at radius 3 is 2.38 bits per heavy atom. The van der Waals surface area contributed by atoms with Gasteiger partial charge in [-0.25, -0.2) is 4.79 Å². The van der Waals surface area contributed by atoms with Gasteiger partial charge in [-0.15, -0.1) is 0 Å². The van der Waals surface area contributed by atoms with Gasteiger partial charge in [0.05, 0.1) is 17.6 Å². The summed E-state index contributed by atoms with van der Waals surface area (Å²) in [6.07, 6.45) is 1.84. The minimum absolute atomic E-state index is 0.265. The summed E-state index contributed by atoms with van der Waals surface area (Å²) in [5.41, 5.74) is 1.71. The van der Waals surface area contributed by atoms with Gasteiger partial charge in [0.25, 0.3) is 0 Å². The molecule has 0 aliphatic rings. The van der Waals surface area contributed by atoms with Crippen molar-refractivity contribution in [2.45, 2.75) is 6.54 Å². The number of para-hydroxylation sites is 1. The molecule has 3 rings (SSSR count). The molecule has 0 saturated heterocycles. The highest BCUT2D eigenvalue weighted by atomic mass is 35.5. The molecular weight excluding hydrogens is 309 g/mol. The van der Waals surface area contributed by atoms with E-state index in [4.69, 9.17) is 23.2 Å². The van der Waals surface area contributed by atoms with Crippen LogP contribution in [0.15, 0.2) is 48.7 Å². The highest BCUT2D eigenvalue weighted by Crippen LogP contribution is 2.28. The van der Waals surface area contributed by atoms with Crippen molar-refractivity contribution in [1.82, 2.24) is 4.57 Å². The van der Waals surface area contributed by atoms with Crippen LogP contribution in [0.25, 0.3) is 10.9 Å². The first-order valence-electron chi connectivity index (χ1n) is 6.32. The van der Waals surface area contributed by atoms with Gasteiger partial charge in [0, 0.05) is 27.2 Å². The van der Waals surface area contributed by atoms with Crippen LogP contribution < -0.4 is 0 Å². The molecule has 3 nitrogen and oxygen atoms in total. The maximum absolute atomic E-state index is 11.4. The molecule has 0 saturated carbocycles. The summed E-state index contributed by atoms with van der Waals surface area (Å²) in [5.74, 6) is -0.953.